The van der Waals surface area contributed by atoms with Crippen LogP contribution in [0.4, 0.5) is 10.6 Å². The number of anilines is 1. The molecule has 118 valence electrons. The van der Waals surface area contributed by atoms with Gasteiger partial charge in [-0.05, 0) is 36.2 Å². The van der Waals surface area contributed by atoms with E-state index in [0.717, 1.165) is 16.5 Å². The molecule has 1 amide bonds. The lowest BCUT2D eigenvalue weighted by atomic mass is 10.1. The average molecular weight is 311 g/mol. The Bertz CT molecular complexity index is 814. The van der Waals surface area contributed by atoms with Crippen LogP contribution < -0.4 is 5.32 Å². The summed E-state index contributed by atoms with van der Waals surface area (Å²) >= 11 is 0. The summed E-state index contributed by atoms with van der Waals surface area (Å²) in [6, 6.07) is 9.33. The first-order valence-corrected chi connectivity index (χ1v) is 7.32. The number of aromatic amines is 1. The molecule has 7 heteroatoms. The second-order valence-corrected chi connectivity index (χ2v) is 5.54. The number of ether oxygens (including phenoxy) is 1. The van der Waals surface area contributed by atoms with Crippen molar-refractivity contribution in [3.63, 3.8) is 0 Å². The van der Waals surface area contributed by atoms with E-state index in [0.29, 0.717) is 24.2 Å². The number of fused-ring (bicyclic) bond motifs is 1. The number of H-pyrrole nitrogens is 1. The van der Waals surface area contributed by atoms with Gasteiger partial charge < -0.3 is 4.74 Å². The Morgan fingerprint density at radius 2 is 2.17 bits per heavy atom. The van der Waals surface area contributed by atoms with E-state index < -0.39 is 6.09 Å². The minimum Gasteiger partial charge on any atom is -0.449 e. The molecule has 0 aliphatic rings. The monoisotopic (exact) mass is 311 g/mol. The van der Waals surface area contributed by atoms with Crippen molar-refractivity contribution < 1.29 is 9.53 Å². The summed E-state index contributed by atoms with van der Waals surface area (Å²) in [5.74, 6) is 1.38. The Kier molecular flexibility index (Phi) is 4.18. The van der Waals surface area contributed by atoms with Crippen LogP contribution in [-0.4, -0.2) is 32.9 Å². The largest absolute Gasteiger partial charge is 0.449 e. The fourth-order valence-corrected chi connectivity index (χ4v) is 2.07. The van der Waals surface area contributed by atoms with Crippen molar-refractivity contribution >= 4 is 22.8 Å². The molecule has 0 unspecified atom stereocenters. The van der Waals surface area contributed by atoms with Crippen molar-refractivity contribution in [2.45, 2.75) is 13.8 Å². The molecule has 0 spiro atoms. The summed E-state index contributed by atoms with van der Waals surface area (Å²) in [6.07, 6.45) is 1.04. The van der Waals surface area contributed by atoms with Gasteiger partial charge in [-0.3, -0.25) is 10.4 Å². The number of carbonyl (C=O) groups excluding carboxylic acids is 1. The molecule has 2 aromatic heterocycles. The number of aromatic nitrogens is 4. The number of nitrogens with zero attached hydrogens (tertiary/aromatic N) is 3. The van der Waals surface area contributed by atoms with E-state index in [1.165, 1.54) is 6.33 Å². The number of carbonyl (C=O) groups is 1. The molecule has 0 saturated carbocycles. The van der Waals surface area contributed by atoms with E-state index in [1.807, 2.05) is 38.1 Å². The highest BCUT2D eigenvalue weighted by Crippen LogP contribution is 2.22. The molecule has 0 fully saturated rings. The maximum atomic E-state index is 11.7. The normalized spacial score (nSPS) is 10.9. The van der Waals surface area contributed by atoms with E-state index >= 15 is 0 Å². The first-order chi connectivity index (χ1) is 11.1. The van der Waals surface area contributed by atoms with Crippen LogP contribution in [-0.2, 0) is 4.74 Å². The summed E-state index contributed by atoms with van der Waals surface area (Å²) < 4.78 is 5.08. The van der Waals surface area contributed by atoms with Crippen LogP contribution >= 0.6 is 0 Å². The molecule has 3 rings (SSSR count). The predicted molar refractivity (Wildman–Crippen MR) is 86.9 cm³/mol. The van der Waals surface area contributed by atoms with Crippen LogP contribution in [0.25, 0.3) is 22.3 Å². The highest BCUT2D eigenvalue weighted by atomic mass is 16.5. The molecular formula is C16H17N5O2. The van der Waals surface area contributed by atoms with Gasteiger partial charge in [0.15, 0.2) is 5.82 Å². The van der Waals surface area contributed by atoms with Gasteiger partial charge in [0.25, 0.3) is 0 Å². The van der Waals surface area contributed by atoms with Gasteiger partial charge in [-0.25, -0.2) is 14.8 Å². The van der Waals surface area contributed by atoms with Crippen molar-refractivity contribution in [1.29, 1.82) is 0 Å². The van der Waals surface area contributed by atoms with Crippen molar-refractivity contribution in [2.24, 2.45) is 5.92 Å². The van der Waals surface area contributed by atoms with Crippen LogP contribution in [0.15, 0.2) is 36.7 Å². The third kappa shape index (κ3) is 3.63. The fourth-order valence-electron chi connectivity index (χ4n) is 2.07. The summed E-state index contributed by atoms with van der Waals surface area (Å²) in [5, 5.41) is 10.3. The minimum atomic E-state index is -0.497. The lowest BCUT2D eigenvalue weighted by Gasteiger charge is -2.09. The Hall–Kier alpha value is -2.96. The van der Waals surface area contributed by atoms with Gasteiger partial charge in [-0.15, -0.1) is 0 Å². The van der Waals surface area contributed by atoms with Crippen LogP contribution in [0.5, 0.6) is 0 Å². The van der Waals surface area contributed by atoms with Crippen LogP contribution in [0.2, 0.25) is 0 Å². The van der Waals surface area contributed by atoms with E-state index in [2.05, 4.69) is 25.5 Å². The average Bonchev–Trinajstić information content (AvgIpc) is 3.07. The third-order valence-corrected chi connectivity index (χ3v) is 3.14. The molecule has 2 N–H and O–H groups in total. The smallest absolute Gasteiger partial charge is 0.412 e. The van der Waals surface area contributed by atoms with Gasteiger partial charge in [-0.1, -0.05) is 13.8 Å². The van der Waals surface area contributed by atoms with Crippen molar-refractivity contribution in [2.75, 3.05) is 11.9 Å². The molecule has 0 atom stereocenters. The zero-order valence-corrected chi connectivity index (χ0v) is 12.9. The molecule has 2 heterocycles. The summed E-state index contributed by atoms with van der Waals surface area (Å²) in [5.41, 5.74) is 1.67. The molecule has 1 aromatic carbocycles. The van der Waals surface area contributed by atoms with Crippen LogP contribution in [0.3, 0.4) is 0 Å². The maximum Gasteiger partial charge on any atom is 0.412 e. The zero-order chi connectivity index (χ0) is 16.2. The minimum absolute atomic E-state index is 0.291. The number of hydrogen-bond acceptors (Lipinski definition) is 5. The predicted octanol–water partition coefficient (Wildman–Crippen LogP) is 3.22. The molecule has 0 aliphatic carbocycles. The van der Waals surface area contributed by atoms with Crippen molar-refractivity contribution in [1.82, 2.24) is 20.2 Å². The number of amides is 1. The Morgan fingerprint density at radius 1 is 1.30 bits per heavy atom. The Labute approximate surface area is 133 Å². The van der Waals surface area contributed by atoms with Gasteiger partial charge >= 0.3 is 6.09 Å². The first kappa shape index (κ1) is 15.0. The standard InChI is InChI=1S/C16H17N5O2/c1-10(2)8-23-16(22)20-14-6-4-11-7-12(3-5-13(11)19-14)15-17-9-18-21-15/h3-7,9-10H,8H2,1-2H3,(H,17,18,21)(H,19,20,22). The lowest BCUT2D eigenvalue weighted by Crippen LogP contribution is -2.17. The second kappa shape index (κ2) is 6.43. The topological polar surface area (TPSA) is 92.8 Å². The van der Waals surface area contributed by atoms with Crippen LogP contribution in [0, 0.1) is 5.92 Å². The molecule has 23 heavy (non-hydrogen) atoms. The Morgan fingerprint density at radius 3 is 2.91 bits per heavy atom. The number of pyridine rings is 1. The van der Waals surface area contributed by atoms with E-state index in [1.54, 1.807) is 6.07 Å². The molecule has 3 aromatic rings. The van der Waals surface area contributed by atoms with E-state index in [4.69, 9.17) is 4.74 Å². The SMILES string of the molecule is CC(C)COC(=O)Nc1ccc2cc(-c3nc[nH]n3)ccc2n1. The summed E-state index contributed by atoms with van der Waals surface area (Å²) in [7, 11) is 0. The van der Waals surface area contributed by atoms with Gasteiger partial charge in [0.1, 0.15) is 12.1 Å². The molecule has 0 radical (unpaired) electrons. The number of rotatable bonds is 4. The molecule has 0 aliphatic heterocycles. The summed E-state index contributed by atoms with van der Waals surface area (Å²) in [6.45, 7) is 4.33. The van der Waals surface area contributed by atoms with Crippen molar-refractivity contribution in [3.8, 4) is 11.4 Å². The van der Waals surface area contributed by atoms with Gasteiger partial charge in [-0.2, -0.15) is 5.10 Å². The molecule has 0 saturated heterocycles. The lowest BCUT2D eigenvalue weighted by molar-refractivity contribution is 0.147. The van der Waals surface area contributed by atoms with Crippen molar-refractivity contribution in [3.05, 3.63) is 36.7 Å². The second-order valence-electron chi connectivity index (χ2n) is 5.54. The zero-order valence-electron chi connectivity index (χ0n) is 12.9. The molecular weight excluding hydrogens is 294 g/mol. The van der Waals surface area contributed by atoms with Crippen LogP contribution in [0.1, 0.15) is 13.8 Å². The first-order valence-electron chi connectivity index (χ1n) is 7.32. The maximum absolute atomic E-state index is 11.7. The van der Waals surface area contributed by atoms with E-state index in [9.17, 15) is 4.79 Å². The van der Waals surface area contributed by atoms with Gasteiger partial charge in [0.2, 0.25) is 0 Å². The number of hydrogen-bond donors (Lipinski definition) is 2. The van der Waals surface area contributed by atoms with Gasteiger partial charge in [0, 0.05) is 10.9 Å². The third-order valence-electron chi connectivity index (χ3n) is 3.14. The van der Waals surface area contributed by atoms with Gasteiger partial charge in [0.05, 0.1) is 12.1 Å². The highest BCUT2D eigenvalue weighted by molar-refractivity contribution is 5.88. The van der Waals surface area contributed by atoms with E-state index in [-0.39, 0.29) is 0 Å². The highest BCUT2D eigenvalue weighted by Gasteiger charge is 2.08. The quantitative estimate of drug-likeness (QED) is 0.771. The molecule has 7 nitrogen and oxygen atoms in total. The molecule has 0 bridgehead atoms. The summed E-state index contributed by atoms with van der Waals surface area (Å²) in [4.78, 5) is 20.2. The fraction of sp³-hybridized carbons (Fsp3) is 0.250. The Balaban J connectivity index is 1.77. The number of benzene rings is 1. The number of nitrogens with one attached hydrogen (secondary N) is 2.